The molecule has 3 aromatic carbocycles. The van der Waals surface area contributed by atoms with Crippen LogP contribution in [0.15, 0.2) is 85.3 Å². The number of benzene rings is 3. The van der Waals surface area contributed by atoms with Gasteiger partial charge in [0.05, 0.1) is 23.8 Å². The molecule has 0 saturated carbocycles. The number of aromatic nitrogens is 4. The molecule has 1 amide bonds. The molecule has 5 aromatic rings. The molecule has 0 bridgehead atoms. The first-order valence-corrected chi connectivity index (χ1v) is 10.7. The maximum absolute atomic E-state index is 13.5. The number of carbonyl (C=O) groups is 1. The van der Waals surface area contributed by atoms with Crippen molar-refractivity contribution in [1.29, 1.82) is 0 Å². The monoisotopic (exact) mass is 452 g/mol. The number of hydrogen-bond acceptors (Lipinski definition) is 5. The molecular formula is C26H21FN6O. The van der Waals surface area contributed by atoms with Crippen LogP contribution in [0.2, 0.25) is 0 Å². The highest BCUT2D eigenvalue weighted by atomic mass is 19.1. The van der Waals surface area contributed by atoms with Gasteiger partial charge in [-0.3, -0.25) is 9.48 Å². The average Bonchev–Trinajstić information content (AvgIpc) is 3.21. The van der Waals surface area contributed by atoms with E-state index in [9.17, 15) is 9.18 Å². The molecule has 0 radical (unpaired) electrons. The summed E-state index contributed by atoms with van der Waals surface area (Å²) < 4.78 is 15.4. The first kappa shape index (κ1) is 21.3. The van der Waals surface area contributed by atoms with Gasteiger partial charge in [-0.25, -0.2) is 14.4 Å². The van der Waals surface area contributed by atoms with E-state index in [0.717, 1.165) is 38.6 Å². The van der Waals surface area contributed by atoms with Crippen molar-refractivity contribution < 1.29 is 9.18 Å². The molecule has 5 rings (SSSR count). The summed E-state index contributed by atoms with van der Waals surface area (Å²) in [7, 11) is 0. The van der Waals surface area contributed by atoms with Crippen molar-refractivity contribution in [2.45, 2.75) is 13.0 Å². The SMILES string of the molecule is NC(=O)/C=C/Cc1ccc2ncnc(Nc3ccc4c(cnn4Cc4cccc(F)c4)c3)c2c1. The second-order valence-corrected chi connectivity index (χ2v) is 7.91. The largest absolute Gasteiger partial charge is 0.366 e. The van der Waals surface area contributed by atoms with E-state index in [1.807, 2.05) is 47.1 Å². The number of nitrogens with two attached hydrogens (primary N) is 1. The molecule has 0 fully saturated rings. The molecule has 3 N–H and O–H groups in total. The van der Waals surface area contributed by atoms with Gasteiger partial charge in [-0.05, 0) is 66.1 Å². The predicted molar refractivity (Wildman–Crippen MR) is 130 cm³/mol. The van der Waals surface area contributed by atoms with Crippen LogP contribution in [0.3, 0.4) is 0 Å². The lowest BCUT2D eigenvalue weighted by molar-refractivity contribution is -0.113. The minimum atomic E-state index is -0.471. The Morgan fingerprint density at radius 3 is 2.82 bits per heavy atom. The summed E-state index contributed by atoms with van der Waals surface area (Å²) in [6, 6.07) is 18.3. The third-order valence-electron chi connectivity index (χ3n) is 5.46. The number of allylic oxidation sites excluding steroid dienone is 1. The lowest BCUT2D eigenvalue weighted by Crippen LogP contribution is -2.05. The summed E-state index contributed by atoms with van der Waals surface area (Å²) >= 11 is 0. The van der Waals surface area contributed by atoms with Crippen LogP contribution in [0.5, 0.6) is 0 Å². The van der Waals surface area contributed by atoms with Crippen molar-refractivity contribution in [3.8, 4) is 0 Å². The Hall–Kier alpha value is -4.59. The number of nitrogens with one attached hydrogen (secondary N) is 1. The van der Waals surface area contributed by atoms with Crippen LogP contribution in [0, 0.1) is 5.82 Å². The molecule has 34 heavy (non-hydrogen) atoms. The second-order valence-electron chi connectivity index (χ2n) is 7.91. The molecule has 2 aromatic heterocycles. The molecule has 0 unspecified atom stereocenters. The maximum atomic E-state index is 13.5. The molecule has 7 nitrogen and oxygen atoms in total. The Morgan fingerprint density at radius 1 is 1.06 bits per heavy atom. The van der Waals surface area contributed by atoms with Gasteiger partial charge in [0.1, 0.15) is 18.0 Å². The molecule has 0 aliphatic carbocycles. The fraction of sp³-hybridized carbons (Fsp3) is 0.0769. The van der Waals surface area contributed by atoms with E-state index in [4.69, 9.17) is 5.73 Å². The minimum Gasteiger partial charge on any atom is -0.366 e. The lowest BCUT2D eigenvalue weighted by Gasteiger charge is -2.10. The molecule has 0 atom stereocenters. The summed E-state index contributed by atoms with van der Waals surface area (Å²) in [5.41, 5.74) is 9.64. The summed E-state index contributed by atoms with van der Waals surface area (Å²) in [6.45, 7) is 0.484. The second kappa shape index (κ2) is 9.11. The van der Waals surface area contributed by atoms with Gasteiger partial charge in [0.25, 0.3) is 0 Å². The standard InChI is InChI=1S/C26H21FN6O/c27-20-5-1-4-18(11-20)15-33-24-10-8-21(13-19(24)14-31-33)32-26-22-12-17(3-2-6-25(28)34)7-9-23(22)29-16-30-26/h1-2,4-14,16H,3,15H2,(H2,28,34)(H,29,30,32)/b6-2+. The van der Waals surface area contributed by atoms with E-state index in [1.165, 1.54) is 24.5 Å². The number of rotatable bonds is 7. The van der Waals surface area contributed by atoms with Gasteiger partial charge < -0.3 is 11.1 Å². The van der Waals surface area contributed by atoms with Crippen LogP contribution >= 0.6 is 0 Å². The van der Waals surface area contributed by atoms with Crippen molar-refractivity contribution >= 4 is 39.2 Å². The van der Waals surface area contributed by atoms with Crippen molar-refractivity contribution in [2.75, 3.05) is 5.32 Å². The quantitative estimate of drug-likeness (QED) is 0.355. The highest BCUT2D eigenvalue weighted by molar-refractivity contribution is 5.92. The number of halogens is 1. The van der Waals surface area contributed by atoms with Crippen molar-refractivity contribution in [1.82, 2.24) is 19.7 Å². The molecule has 0 spiro atoms. The van der Waals surface area contributed by atoms with Crippen molar-refractivity contribution in [3.63, 3.8) is 0 Å². The lowest BCUT2D eigenvalue weighted by atomic mass is 10.1. The van der Waals surface area contributed by atoms with Gasteiger partial charge in [0, 0.05) is 16.5 Å². The zero-order chi connectivity index (χ0) is 23.5. The molecule has 0 aliphatic heterocycles. The van der Waals surface area contributed by atoms with Gasteiger partial charge in [-0.2, -0.15) is 5.10 Å². The fourth-order valence-corrected chi connectivity index (χ4v) is 3.88. The molecule has 8 heteroatoms. The number of carbonyl (C=O) groups excluding carboxylic acids is 1. The fourth-order valence-electron chi connectivity index (χ4n) is 3.88. The first-order chi connectivity index (χ1) is 16.5. The van der Waals surface area contributed by atoms with E-state index in [1.54, 1.807) is 18.3 Å². The third kappa shape index (κ3) is 4.61. The zero-order valence-electron chi connectivity index (χ0n) is 18.1. The highest BCUT2D eigenvalue weighted by Gasteiger charge is 2.09. The van der Waals surface area contributed by atoms with Crippen LogP contribution in [0.1, 0.15) is 11.1 Å². The normalized spacial score (nSPS) is 11.4. The van der Waals surface area contributed by atoms with Crippen LogP contribution in [0.4, 0.5) is 15.9 Å². The smallest absolute Gasteiger partial charge is 0.241 e. The van der Waals surface area contributed by atoms with Crippen molar-refractivity contribution in [2.24, 2.45) is 5.73 Å². The van der Waals surface area contributed by atoms with Gasteiger partial charge in [-0.1, -0.05) is 24.3 Å². The number of anilines is 2. The summed E-state index contributed by atoms with van der Waals surface area (Å²) in [5.74, 6) is -0.0528. The van der Waals surface area contributed by atoms with E-state index < -0.39 is 5.91 Å². The Morgan fingerprint density at radius 2 is 1.97 bits per heavy atom. The van der Waals surface area contributed by atoms with Gasteiger partial charge in [-0.15, -0.1) is 0 Å². The minimum absolute atomic E-state index is 0.260. The highest BCUT2D eigenvalue weighted by Crippen LogP contribution is 2.27. The average molecular weight is 452 g/mol. The third-order valence-corrected chi connectivity index (χ3v) is 5.46. The van der Waals surface area contributed by atoms with Gasteiger partial charge in [0.2, 0.25) is 5.91 Å². The molecule has 0 aliphatic rings. The molecule has 168 valence electrons. The van der Waals surface area contributed by atoms with E-state index >= 15 is 0 Å². The van der Waals surface area contributed by atoms with Crippen LogP contribution < -0.4 is 11.1 Å². The molecular weight excluding hydrogens is 431 g/mol. The topological polar surface area (TPSA) is 98.7 Å². The Bertz CT molecular complexity index is 1540. The van der Waals surface area contributed by atoms with Gasteiger partial charge >= 0.3 is 0 Å². The summed E-state index contributed by atoms with van der Waals surface area (Å²) in [6.07, 6.45) is 6.97. The van der Waals surface area contributed by atoms with Crippen LogP contribution in [-0.4, -0.2) is 25.7 Å². The van der Waals surface area contributed by atoms with E-state index in [0.29, 0.717) is 18.8 Å². The first-order valence-electron chi connectivity index (χ1n) is 10.7. The molecule has 0 saturated heterocycles. The Balaban J connectivity index is 1.41. The van der Waals surface area contributed by atoms with Crippen LogP contribution in [0.25, 0.3) is 21.8 Å². The number of nitrogens with zero attached hydrogens (tertiary/aromatic N) is 4. The number of hydrogen-bond donors (Lipinski definition) is 2. The van der Waals surface area contributed by atoms with E-state index in [-0.39, 0.29) is 5.82 Å². The zero-order valence-corrected chi connectivity index (χ0v) is 18.1. The number of primary amides is 1. The van der Waals surface area contributed by atoms with Crippen LogP contribution in [-0.2, 0) is 17.8 Å². The molecule has 2 heterocycles. The number of fused-ring (bicyclic) bond motifs is 2. The van der Waals surface area contributed by atoms with E-state index in [2.05, 4.69) is 20.4 Å². The predicted octanol–water partition coefficient (Wildman–Crippen LogP) is 4.49. The van der Waals surface area contributed by atoms with Crippen molar-refractivity contribution in [3.05, 3.63) is 102 Å². The number of amides is 1. The maximum Gasteiger partial charge on any atom is 0.241 e. The Kier molecular flexibility index (Phi) is 5.70. The summed E-state index contributed by atoms with van der Waals surface area (Å²) in [5, 5.41) is 9.67. The summed E-state index contributed by atoms with van der Waals surface area (Å²) in [4.78, 5) is 19.7. The Labute approximate surface area is 194 Å². The van der Waals surface area contributed by atoms with Gasteiger partial charge in [0.15, 0.2) is 0 Å².